The van der Waals surface area contributed by atoms with Crippen LogP contribution in [0.4, 0.5) is 13.2 Å². The number of alkyl halides is 3. The van der Waals surface area contributed by atoms with Gasteiger partial charge in [-0.05, 0) is 56.5 Å². The molecule has 0 aliphatic heterocycles. The first-order valence-electron chi connectivity index (χ1n) is 8.47. The van der Waals surface area contributed by atoms with Gasteiger partial charge in [0.2, 0.25) is 10.0 Å². The van der Waals surface area contributed by atoms with Crippen molar-refractivity contribution in [3.63, 3.8) is 0 Å². The lowest BCUT2D eigenvalue weighted by Gasteiger charge is -2.23. The molecule has 0 aliphatic carbocycles. The van der Waals surface area contributed by atoms with Gasteiger partial charge in [-0.3, -0.25) is 0 Å². The summed E-state index contributed by atoms with van der Waals surface area (Å²) in [6, 6.07) is 3.64. The second-order valence-electron chi connectivity index (χ2n) is 6.81. The van der Waals surface area contributed by atoms with Gasteiger partial charge in [0.1, 0.15) is 6.61 Å². The zero-order chi connectivity index (χ0) is 22.1. The van der Waals surface area contributed by atoms with Crippen LogP contribution in [-0.4, -0.2) is 27.2 Å². The first kappa shape index (κ1) is 23.8. The van der Waals surface area contributed by atoms with Crippen LogP contribution in [0.5, 0.6) is 5.75 Å². The monoisotopic (exact) mass is 469 g/mol. The van der Waals surface area contributed by atoms with Crippen LogP contribution in [0.1, 0.15) is 22.3 Å². The van der Waals surface area contributed by atoms with Gasteiger partial charge < -0.3 is 4.74 Å². The molecular formula is C19H20Cl2F3NO3S. The van der Waals surface area contributed by atoms with E-state index in [0.717, 1.165) is 5.56 Å². The molecule has 4 nitrogen and oxygen atoms in total. The van der Waals surface area contributed by atoms with Crippen molar-refractivity contribution in [1.82, 2.24) is 4.72 Å². The number of ether oxygens (including phenoxy) is 1. The van der Waals surface area contributed by atoms with Crippen molar-refractivity contribution < 1.29 is 26.3 Å². The average molecular weight is 470 g/mol. The SMILES string of the molecule is Cc1cc(C)c(S(=O)(=O)NC(COc2c(Cl)cc(C)cc2Cl)C(F)(F)F)c(C)c1. The quantitative estimate of drug-likeness (QED) is 0.606. The van der Waals surface area contributed by atoms with Crippen molar-refractivity contribution >= 4 is 33.2 Å². The van der Waals surface area contributed by atoms with Crippen LogP contribution in [0, 0.1) is 27.7 Å². The first-order chi connectivity index (χ1) is 13.2. The molecule has 1 atom stereocenters. The predicted molar refractivity (Wildman–Crippen MR) is 108 cm³/mol. The molecule has 0 aliphatic rings. The van der Waals surface area contributed by atoms with Crippen molar-refractivity contribution in [3.05, 3.63) is 56.6 Å². The lowest BCUT2D eigenvalue weighted by Crippen LogP contribution is -2.49. The molecular weight excluding hydrogens is 450 g/mol. The lowest BCUT2D eigenvalue weighted by atomic mass is 10.1. The summed E-state index contributed by atoms with van der Waals surface area (Å²) in [7, 11) is -4.47. The minimum atomic E-state index is -4.90. The topological polar surface area (TPSA) is 55.4 Å². The van der Waals surface area contributed by atoms with Crippen LogP contribution >= 0.6 is 23.2 Å². The molecule has 0 radical (unpaired) electrons. The molecule has 1 N–H and O–H groups in total. The van der Waals surface area contributed by atoms with E-state index in [1.165, 1.54) is 26.0 Å². The number of halogens is 5. The largest absolute Gasteiger partial charge is 0.488 e. The highest BCUT2D eigenvalue weighted by Crippen LogP contribution is 2.35. The Bertz CT molecular complexity index is 978. The summed E-state index contributed by atoms with van der Waals surface area (Å²) in [6.07, 6.45) is -4.90. The molecule has 1 unspecified atom stereocenters. The van der Waals surface area contributed by atoms with Crippen LogP contribution in [0.3, 0.4) is 0 Å². The zero-order valence-corrected chi connectivity index (χ0v) is 18.4. The highest BCUT2D eigenvalue weighted by Gasteiger charge is 2.43. The Balaban J connectivity index is 2.33. The lowest BCUT2D eigenvalue weighted by molar-refractivity contribution is -0.157. The van der Waals surface area contributed by atoms with E-state index in [-0.39, 0.29) is 20.7 Å². The van der Waals surface area contributed by atoms with Crippen LogP contribution in [0.25, 0.3) is 0 Å². The maximum absolute atomic E-state index is 13.5. The fraction of sp³-hybridized carbons (Fsp3) is 0.368. The van der Waals surface area contributed by atoms with E-state index in [2.05, 4.69) is 0 Å². The van der Waals surface area contributed by atoms with E-state index in [4.69, 9.17) is 27.9 Å². The number of hydrogen-bond acceptors (Lipinski definition) is 3. The molecule has 2 rings (SSSR count). The summed E-state index contributed by atoms with van der Waals surface area (Å²) in [4.78, 5) is -0.191. The third kappa shape index (κ3) is 5.78. The molecule has 0 fully saturated rings. The summed E-state index contributed by atoms with van der Waals surface area (Å²) >= 11 is 12.0. The molecule has 0 saturated heterocycles. The van der Waals surface area contributed by atoms with Gasteiger partial charge in [0, 0.05) is 0 Å². The van der Waals surface area contributed by atoms with Crippen LogP contribution in [0.15, 0.2) is 29.2 Å². The van der Waals surface area contributed by atoms with E-state index < -0.39 is 28.8 Å². The predicted octanol–water partition coefficient (Wildman–Crippen LogP) is 5.52. The molecule has 0 heterocycles. The number of rotatable bonds is 6. The summed E-state index contributed by atoms with van der Waals surface area (Å²) < 4.78 is 72.9. The first-order valence-corrected chi connectivity index (χ1v) is 10.7. The van der Waals surface area contributed by atoms with Gasteiger partial charge >= 0.3 is 6.18 Å². The third-order valence-corrected chi connectivity index (χ3v) is 6.44. The van der Waals surface area contributed by atoms with Crippen LogP contribution in [-0.2, 0) is 10.0 Å². The molecule has 0 amide bonds. The van der Waals surface area contributed by atoms with Gasteiger partial charge in [0.25, 0.3) is 0 Å². The minimum Gasteiger partial charge on any atom is -0.488 e. The summed E-state index contributed by atoms with van der Waals surface area (Å²) in [5, 5.41) is 0.0630. The normalized spacial score (nSPS) is 13.4. The Kier molecular flexibility index (Phi) is 7.15. The van der Waals surface area contributed by atoms with E-state index in [1.807, 2.05) is 0 Å². The van der Waals surface area contributed by atoms with Gasteiger partial charge in [-0.15, -0.1) is 0 Å². The van der Waals surface area contributed by atoms with E-state index in [9.17, 15) is 21.6 Å². The second kappa shape index (κ2) is 8.71. The molecule has 29 heavy (non-hydrogen) atoms. The van der Waals surface area contributed by atoms with Gasteiger partial charge in [0.05, 0.1) is 14.9 Å². The Morgan fingerprint density at radius 2 is 1.41 bits per heavy atom. The summed E-state index contributed by atoms with van der Waals surface area (Å²) in [5.74, 6) is -0.143. The molecule has 2 aromatic carbocycles. The van der Waals surface area contributed by atoms with Crippen molar-refractivity contribution in [1.29, 1.82) is 0 Å². The van der Waals surface area contributed by atoms with Gasteiger partial charge in [-0.2, -0.15) is 17.9 Å². The minimum absolute atomic E-state index is 0.0315. The van der Waals surface area contributed by atoms with Gasteiger partial charge in [0.15, 0.2) is 11.8 Å². The molecule has 0 bridgehead atoms. The number of nitrogens with one attached hydrogen (secondary N) is 1. The molecule has 10 heteroatoms. The van der Waals surface area contributed by atoms with Crippen molar-refractivity contribution in [3.8, 4) is 5.75 Å². The van der Waals surface area contributed by atoms with Crippen LogP contribution in [0.2, 0.25) is 10.0 Å². The highest BCUT2D eigenvalue weighted by atomic mass is 35.5. The highest BCUT2D eigenvalue weighted by molar-refractivity contribution is 7.89. The van der Waals surface area contributed by atoms with Crippen molar-refractivity contribution in [2.24, 2.45) is 0 Å². The average Bonchev–Trinajstić information content (AvgIpc) is 2.50. The van der Waals surface area contributed by atoms with E-state index in [1.54, 1.807) is 30.7 Å². The maximum Gasteiger partial charge on any atom is 0.408 e. The third-order valence-electron chi connectivity index (χ3n) is 4.10. The van der Waals surface area contributed by atoms with Gasteiger partial charge in [-0.25, -0.2) is 8.42 Å². The molecule has 0 aromatic heterocycles. The maximum atomic E-state index is 13.5. The Hall–Kier alpha value is -1.48. The number of hydrogen-bond donors (Lipinski definition) is 1. The Morgan fingerprint density at radius 3 is 1.86 bits per heavy atom. The Morgan fingerprint density at radius 1 is 0.966 bits per heavy atom. The molecule has 0 saturated carbocycles. The fourth-order valence-electron chi connectivity index (χ4n) is 3.02. The number of sulfonamides is 1. The number of benzene rings is 2. The standard InChI is InChI=1S/C19H20Cl2F3NO3S/c1-10-5-12(3)18(13(4)6-10)29(26,27)25-16(19(22,23)24)9-28-17-14(20)7-11(2)8-15(17)21/h5-8,16,25H,9H2,1-4H3. The van der Waals surface area contributed by atoms with Crippen LogP contribution < -0.4 is 9.46 Å². The Labute approximate surface area is 178 Å². The molecule has 160 valence electrons. The van der Waals surface area contributed by atoms with Gasteiger partial charge in [-0.1, -0.05) is 40.9 Å². The fourth-order valence-corrected chi connectivity index (χ4v) is 5.39. The summed E-state index contributed by atoms with van der Waals surface area (Å²) in [5.41, 5.74) is 2.20. The molecule has 2 aromatic rings. The summed E-state index contributed by atoms with van der Waals surface area (Å²) in [6.45, 7) is 5.50. The molecule has 0 spiro atoms. The smallest absolute Gasteiger partial charge is 0.408 e. The van der Waals surface area contributed by atoms with Crippen molar-refractivity contribution in [2.75, 3.05) is 6.61 Å². The van der Waals surface area contributed by atoms with E-state index in [0.29, 0.717) is 16.7 Å². The van der Waals surface area contributed by atoms with Crippen molar-refractivity contribution in [2.45, 2.75) is 44.8 Å². The number of aryl methyl sites for hydroxylation is 4. The second-order valence-corrected chi connectivity index (χ2v) is 9.28. The zero-order valence-electron chi connectivity index (χ0n) is 16.1. The van der Waals surface area contributed by atoms with E-state index >= 15 is 0 Å².